The summed E-state index contributed by atoms with van der Waals surface area (Å²) in [6, 6.07) is 12.4. The average Bonchev–Trinajstić information content (AvgIpc) is 2.56. The maximum absolute atomic E-state index is 12.0. The summed E-state index contributed by atoms with van der Waals surface area (Å²) in [5, 5.41) is 3.79. The molecule has 4 nitrogen and oxygen atoms in total. The molecule has 25 heavy (non-hydrogen) atoms. The second-order valence-corrected chi connectivity index (χ2v) is 7.51. The minimum atomic E-state index is -0.178. The van der Waals surface area contributed by atoms with Crippen LogP contribution in [0.2, 0.25) is 10.0 Å². The molecule has 0 aliphatic heterocycles. The first-order valence-electron chi connectivity index (χ1n) is 7.56. The number of nitrogens with zero attached hydrogens (tertiary/aromatic N) is 1. The SMILES string of the molecule is CN(C)C(=O)c1ccc(NC(=O)CCSc2ccc(Cl)cc2)cc1Cl. The van der Waals surface area contributed by atoms with E-state index in [-0.39, 0.29) is 11.8 Å². The fourth-order valence-electron chi connectivity index (χ4n) is 2.02. The van der Waals surface area contributed by atoms with Crippen molar-refractivity contribution < 1.29 is 9.59 Å². The van der Waals surface area contributed by atoms with Crippen LogP contribution in [0, 0.1) is 0 Å². The fraction of sp³-hybridized carbons (Fsp3) is 0.222. The number of nitrogens with one attached hydrogen (secondary N) is 1. The number of hydrogen-bond acceptors (Lipinski definition) is 3. The molecule has 7 heteroatoms. The predicted octanol–water partition coefficient (Wildman–Crippen LogP) is 4.82. The van der Waals surface area contributed by atoms with Crippen molar-refractivity contribution in [3.8, 4) is 0 Å². The Labute approximate surface area is 161 Å². The predicted molar refractivity (Wildman–Crippen MR) is 105 cm³/mol. The summed E-state index contributed by atoms with van der Waals surface area (Å²) < 4.78 is 0. The lowest BCUT2D eigenvalue weighted by Gasteiger charge is -2.12. The number of carbonyl (C=O) groups excluding carboxylic acids is 2. The van der Waals surface area contributed by atoms with Crippen LogP contribution in [-0.2, 0) is 4.79 Å². The van der Waals surface area contributed by atoms with Crippen molar-refractivity contribution in [1.82, 2.24) is 4.90 Å². The van der Waals surface area contributed by atoms with Crippen LogP contribution < -0.4 is 5.32 Å². The van der Waals surface area contributed by atoms with Gasteiger partial charge in [0.1, 0.15) is 0 Å². The van der Waals surface area contributed by atoms with Gasteiger partial charge in [-0.15, -0.1) is 11.8 Å². The molecule has 2 amide bonds. The number of rotatable bonds is 6. The smallest absolute Gasteiger partial charge is 0.254 e. The van der Waals surface area contributed by atoms with Gasteiger partial charge in [0.15, 0.2) is 0 Å². The molecule has 0 radical (unpaired) electrons. The summed E-state index contributed by atoms with van der Waals surface area (Å²) in [6.07, 6.45) is 0.364. The van der Waals surface area contributed by atoms with E-state index in [9.17, 15) is 9.59 Å². The van der Waals surface area contributed by atoms with Gasteiger partial charge >= 0.3 is 0 Å². The lowest BCUT2D eigenvalue weighted by molar-refractivity contribution is -0.115. The number of benzene rings is 2. The van der Waals surface area contributed by atoms with Crippen molar-refractivity contribution in [3.05, 3.63) is 58.1 Å². The molecule has 0 aliphatic rings. The maximum Gasteiger partial charge on any atom is 0.254 e. The monoisotopic (exact) mass is 396 g/mol. The van der Waals surface area contributed by atoms with Gasteiger partial charge in [0, 0.05) is 41.9 Å². The van der Waals surface area contributed by atoms with E-state index in [1.54, 1.807) is 44.1 Å². The second kappa shape index (κ2) is 9.13. The number of amides is 2. The number of halogens is 2. The van der Waals surface area contributed by atoms with Gasteiger partial charge in [0.05, 0.1) is 10.6 Å². The van der Waals surface area contributed by atoms with E-state index in [1.807, 2.05) is 24.3 Å². The summed E-state index contributed by atoms with van der Waals surface area (Å²) in [7, 11) is 3.32. The van der Waals surface area contributed by atoms with Gasteiger partial charge in [-0.25, -0.2) is 0 Å². The third kappa shape index (κ3) is 5.96. The summed E-state index contributed by atoms with van der Waals surface area (Å²) in [4.78, 5) is 26.5. The molecule has 2 aromatic carbocycles. The Bertz CT molecular complexity index is 764. The molecule has 0 heterocycles. The Balaban J connectivity index is 1.87. The third-order valence-electron chi connectivity index (χ3n) is 3.30. The van der Waals surface area contributed by atoms with Crippen LogP contribution in [0.5, 0.6) is 0 Å². The molecule has 0 fully saturated rings. The first-order valence-corrected chi connectivity index (χ1v) is 9.30. The molecule has 0 saturated heterocycles. The molecule has 1 N–H and O–H groups in total. The van der Waals surface area contributed by atoms with E-state index in [4.69, 9.17) is 23.2 Å². The van der Waals surface area contributed by atoms with Crippen molar-refractivity contribution in [2.45, 2.75) is 11.3 Å². The molecule has 0 bridgehead atoms. The normalized spacial score (nSPS) is 10.4. The van der Waals surface area contributed by atoms with Gasteiger partial charge in [-0.05, 0) is 42.5 Å². The van der Waals surface area contributed by atoms with Crippen molar-refractivity contribution in [2.75, 3.05) is 25.2 Å². The summed E-state index contributed by atoms with van der Waals surface area (Å²) in [6.45, 7) is 0. The zero-order valence-electron chi connectivity index (χ0n) is 13.9. The molecular weight excluding hydrogens is 379 g/mol. The average molecular weight is 397 g/mol. The minimum Gasteiger partial charge on any atom is -0.345 e. The molecular formula is C18H18Cl2N2O2S. The van der Waals surface area contributed by atoms with Gasteiger partial charge in [-0.1, -0.05) is 23.2 Å². The molecule has 2 rings (SSSR count). The van der Waals surface area contributed by atoms with E-state index >= 15 is 0 Å². The first-order chi connectivity index (χ1) is 11.9. The van der Waals surface area contributed by atoms with Gasteiger partial charge in [0.2, 0.25) is 5.91 Å². The van der Waals surface area contributed by atoms with Crippen LogP contribution in [-0.4, -0.2) is 36.6 Å². The second-order valence-electron chi connectivity index (χ2n) is 5.49. The lowest BCUT2D eigenvalue weighted by atomic mass is 10.2. The number of thioether (sulfide) groups is 1. The highest BCUT2D eigenvalue weighted by molar-refractivity contribution is 7.99. The number of hydrogen-bond donors (Lipinski definition) is 1. The van der Waals surface area contributed by atoms with E-state index in [0.29, 0.717) is 33.5 Å². The summed E-state index contributed by atoms with van der Waals surface area (Å²) >= 11 is 13.6. The zero-order chi connectivity index (χ0) is 18.4. The van der Waals surface area contributed by atoms with Crippen molar-refractivity contribution in [3.63, 3.8) is 0 Å². The molecule has 0 saturated carbocycles. The number of carbonyl (C=O) groups is 2. The first kappa shape index (κ1) is 19.6. The molecule has 132 valence electrons. The highest BCUT2D eigenvalue weighted by Crippen LogP contribution is 2.23. The fourth-order valence-corrected chi connectivity index (χ4v) is 3.26. The maximum atomic E-state index is 12.0. The van der Waals surface area contributed by atoms with E-state index in [0.717, 1.165) is 4.90 Å². The minimum absolute atomic E-state index is 0.107. The van der Waals surface area contributed by atoms with Gasteiger partial charge in [-0.3, -0.25) is 9.59 Å². The largest absolute Gasteiger partial charge is 0.345 e. The van der Waals surface area contributed by atoms with Crippen molar-refractivity contribution in [1.29, 1.82) is 0 Å². The molecule has 0 aromatic heterocycles. The molecule has 0 unspecified atom stereocenters. The molecule has 0 aliphatic carbocycles. The topological polar surface area (TPSA) is 49.4 Å². The summed E-state index contributed by atoms with van der Waals surface area (Å²) in [5.41, 5.74) is 0.977. The van der Waals surface area contributed by atoms with Crippen LogP contribution in [0.25, 0.3) is 0 Å². The van der Waals surface area contributed by atoms with Gasteiger partial charge in [0.25, 0.3) is 5.91 Å². The van der Waals surface area contributed by atoms with Crippen LogP contribution in [0.4, 0.5) is 5.69 Å². The van der Waals surface area contributed by atoms with Crippen LogP contribution in [0.3, 0.4) is 0 Å². The molecule has 0 atom stereocenters. The van der Waals surface area contributed by atoms with E-state index in [2.05, 4.69) is 5.32 Å². The summed E-state index contributed by atoms with van der Waals surface area (Å²) in [5.74, 6) is 0.365. The molecule has 2 aromatic rings. The lowest BCUT2D eigenvalue weighted by Crippen LogP contribution is -2.22. The van der Waals surface area contributed by atoms with Crippen molar-refractivity contribution >= 4 is 52.5 Å². The zero-order valence-corrected chi connectivity index (χ0v) is 16.2. The van der Waals surface area contributed by atoms with Crippen LogP contribution >= 0.6 is 35.0 Å². The Kier molecular flexibility index (Phi) is 7.17. The van der Waals surface area contributed by atoms with Crippen molar-refractivity contribution in [2.24, 2.45) is 0 Å². The van der Waals surface area contributed by atoms with Gasteiger partial charge < -0.3 is 10.2 Å². The Hall–Kier alpha value is -1.69. The highest BCUT2D eigenvalue weighted by Gasteiger charge is 2.13. The van der Waals surface area contributed by atoms with E-state index < -0.39 is 0 Å². The third-order valence-corrected chi connectivity index (χ3v) is 4.88. The Morgan fingerprint density at radius 3 is 2.36 bits per heavy atom. The standard InChI is InChI=1S/C18H18Cl2N2O2S/c1-22(2)18(24)15-8-5-13(11-16(15)20)21-17(23)9-10-25-14-6-3-12(19)4-7-14/h3-8,11H,9-10H2,1-2H3,(H,21,23). The highest BCUT2D eigenvalue weighted by atomic mass is 35.5. The van der Waals surface area contributed by atoms with E-state index in [1.165, 1.54) is 4.90 Å². The Morgan fingerprint density at radius 2 is 1.76 bits per heavy atom. The van der Waals surface area contributed by atoms with Crippen LogP contribution in [0.1, 0.15) is 16.8 Å². The Morgan fingerprint density at radius 1 is 1.08 bits per heavy atom. The van der Waals surface area contributed by atoms with Crippen LogP contribution in [0.15, 0.2) is 47.4 Å². The quantitative estimate of drug-likeness (QED) is 0.712. The van der Waals surface area contributed by atoms with Gasteiger partial charge in [-0.2, -0.15) is 0 Å². The number of anilines is 1. The molecule has 0 spiro atoms.